The summed E-state index contributed by atoms with van der Waals surface area (Å²) in [5, 5.41) is 15.7. The third kappa shape index (κ3) is 5.01. The van der Waals surface area contributed by atoms with Gasteiger partial charge in [-0.15, -0.1) is 21.5 Å². The van der Waals surface area contributed by atoms with Gasteiger partial charge in [0.1, 0.15) is 5.82 Å². The molecular formula is C21H19F2N5O3S2. The van der Waals surface area contributed by atoms with E-state index in [0.717, 1.165) is 30.2 Å². The molecule has 33 heavy (non-hydrogen) atoms. The molecule has 1 saturated carbocycles. The molecule has 0 aliphatic heterocycles. The monoisotopic (exact) mass is 491 g/mol. The summed E-state index contributed by atoms with van der Waals surface area (Å²) in [5.74, 6) is 2.24. The van der Waals surface area contributed by atoms with Gasteiger partial charge in [-0.3, -0.25) is 0 Å². The van der Waals surface area contributed by atoms with E-state index < -0.39 is 6.61 Å². The van der Waals surface area contributed by atoms with Crippen LogP contribution in [0.3, 0.4) is 0 Å². The summed E-state index contributed by atoms with van der Waals surface area (Å²) in [5.41, 5.74) is 0.563. The first-order valence-electron chi connectivity index (χ1n) is 10.2. The quantitative estimate of drug-likeness (QED) is 0.279. The van der Waals surface area contributed by atoms with Crippen LogP contribution >= 0.6 is 23.1 Å². The van der Waals surface area contributed by atoms with Crippen molar-refractivity contribution < 1.29 is 22.8 Å². The lowest BCUT2D eigenvalue weighted by Gasteiger charge is -2.10. The van der Waals surface area contributed by atoms with Crippen molar-refractivity contribution in [3.05, 3.63) is 52.3 Å². The van der Waals surface area contributed by atoms with Gasteiger partial charge in [-0.25, -0.2) is 0 Å². The molecule has 1 aliphatic carbocycles. The average Bonchev–Trinajstić information content (AvgIpc) is 3.18. The van der Waals surface area contributed by atoms with Gasteiger partial charge in [0.25, 0.3) is 0 Å². The molecule has 1 fully saturated rings. The normalized spacial score (nSPS) is 13.6. The summed E-state index contributed by atoms with van der Waals surface area (Å²) in [6, 6.07) is 9.07. The highest BCUT2D eigenvalue weighted by Gasteiger charge is 2.30. The van der Waals surface area contributed by atoms with Gasteiger partial charge in [0.2, 0.25) is 11.7 Å². The molecule has 12 heteroatoms. The molecule has 0 N–H and O–H groups in total. The van der Waals surface area contributed by atoms with E-state index >= 15 is 0 Å². The first-order chi connectivity index (χ1) is 16.1. The molecule has 0 spiro atoms. The van der Waals surface area contributed by atoms with Crippen LogP contribution in [0.15, 0.2) is 45.4 Å². The Hall–Kier alpha value is -2.99. The van der Waals surface area contributed by atoms with Crippen LogP contribution in [0.25, 0.3) is 11.4 Å². The van der Waals surface area contributed by atoms with Crippen LogP contribution in [0.2, 0.25) is 0 Å². The predicted molar refractivity (Wildman–Crippen MR) is 118 cm³/mol. The van der Waals surface area contributed by atoms with Crippen molar-refractivity contribution in [1.82, 2.24) is 24.9 Å². The van der Waals surface area contributed by atoms with Crippen molar-refractivity contribution in [2.45, 2.75) is 42.8 Å². The summed E-state index contributed by atoms with van der Waals surface area (Å²) in [6.45, 7) is -2.94. The molecule has 0 radical (unpaired) electrons. The SMILES string of the molecule is COc1cc(-c2noc(CSc3nnc(Cc4cccs4)n3C3CC3)n2)ccc1OC(F)F. The molecule has 0 unspecified atom stereocenters. The zero-order chi connectivity index (χ0) is 22.8. The molecule has 172 valence electrons. The fourth-order valence-corrected chi connectivity index (χ4v) is 4.92. The van der Waals surface area contributed by atoms with Gasteiger partial charge in [0.05, 0.1) is 12.9 Å². The van der Waals surface area contributed by atoms with E-state index in [1.54, 1.807) is 17.4 Å². The Morgan fingerprint density at radius 2 is 2.12 bits per heavy atom. The highest BCUT2D eigenvalue weighted by molar-refractivity contribution is 7.98. The highest BCUT2D eigenvalue weighted by Crippen LogP contribution is 2.40. The third-order valence-electron chi connectivity index (χ3n) is 4.99. The average molecular weight is 492 g/mol. The van der Waals surface area contributed by atoms with Crippen LogP contribution in [0, 0.1) is 0 Å². The summed E-state index contributed by atoms with van der Waals surface area (Å²) in [4.78, 5) is 5.67. The van der Waals surface area contributed by atoms with E-state index in [1.165, 1.54) is 35.9 Å². The Balaban J connectivity index is 1.29. The number of hydrogen-bond donors (Lipinski definition) is 0. The molecule has 0 atom stereocenters. The van der Waals surface area contributed by atoms with Crippen molar-refractivity contribution in [3.63, 3.8) is 0 Å². The Morgan fingerprint density at radius 1 is 1.24 bits per heavy atom. The summed E-state index contributed by atoms with van der Waals surface area (Å²) in [7, 11) is 1.37. The Kier molecular flexibility index (Phi) is 6.27. The first kappa shape index (κ1) is 21.8. The molecular weight excluding hydrogens is 472 g/mol. The van der Waals surface area contributed by atoms with E-state index in [-0.39, 0.29) is 11.5 Å². The van der Waals surface area contributed by atoms with Crippen molar-refractivity contribution in [3.8, 4) is 22.9 Å². The third-order valence-corrected chi connectivity index (χ3v) is 6.79. The number of halogens is 2. The van der Waals surface area contributed by atoms with Crippen molar-refractivity contribution in [2.75, 3.05) is 7.11 Å². The maximum absolute atomic E-state index is 12.5. The van der Waals surface area contributed by atoms with Crippen LogP contribution in [0.5, 0.6) is 11.5 Å². The van der Waals surface area contributed by atoms with Crippen LogP contribution in [0.1, 0.15) is 35.5 Å². The number of nitrogens with zero attached hydrogens (tertiary/aromatic N) is 5. The fraction of sp³-hybridized carbons (Fsp3) is 0.333. The largest absolute Gasteiger partial charge is 0.493 e. The molecule has 4 aromatic rings. The standard InChI is InChI=1S/C21H19F2N5O3S2/c1-29-16-9-12(4-7-15(16)30-20(22)23)19-24-18(31-27-19)11-33-21-26-25-17(28(21)13-5-6-13)10-14-3-2-8-32-14/h2-4,7-9,13,20H,5-6,10-11H2,1H3. The molecule has 1 aromatic carbocycles. The second-order valence-corrected chi connectivity index (χ2v) is 9.28. The van der Waals surface area contributed by atoms with Gasteiger partial charge in [0, 0.05) is 22.9 Å². The van der Waals surface area contributed by atoms with Gasteiger partial charge in [-0.05, 0) is 42.5 Å². The Morgan fingerprint density at radius 3 is 2.85 bits per heavy atom. The summed E-state index contributed by atoms with van der Waals surface area (Å²) >= 11 is 3.21. The number of hydrogen-bond acceptors (Lipinski definition) is 9. The molecule has 0 bridgehead atoms. The number of aromatic nitrogens is 5. The number of thiophene rings is 1. The minimum Gasteiger partial charge on any atom is -0.493 e. The van der Waals surface area contributed by atoms with Crippen LogP contribution in [-0.4, -0.2) is 38.6 Å². The highest BCUT2D eigenvalue weighted by atomic mass is 32.2. The molecule has 0 saturated heterocycles. The van der Waals surface area contributed by atoms with E-state index in [9.17, 15) is 8.78 Å². The topological polar surface area (TPSA) is 88.1 Å². The van der Waals surface area contributed by atoms with Crippen molar-refractivity contribution in [1.29, 1.82) is 0 Å². The lowest BCUT2D eigenvalue weighted by atomic mass is 10.2. The van der Waals surface area contributed by atoms with Crippen molar-refractivity contribution in [2.24, 2.45) is 0 Å². The molecule has 3 aromatic heterocycles. The zero-order valence-electron chi connectivity index (χ0n) is 17.5. The predicted octanol–water partition coefficient (Wildman–Crippen LogP) is 5.22. The summed E-state index contributed by atoms with van der Waals surface area (Å²) in [6.07, 6.45) is 3.02. The van der Waals surface area contributed by atoms with E-state index in [4.69, 9.17) is 9.26 Å². The van der Waals surface area contributed by atoms with Crippen LogP contribution in [-0.2, 0) is 12.2 Å². The van der Waals surface area contributed by atoms with Gasteiger partial charge < -0.3 is 18.6 Å². The Bertz CT molecular complexity index is 1220. The first-order valence-corrected chi connectivity index (χ1v) is 12.0. The fourth-order valence-electron chi connectivity index (χ4n) is 3.35. The van der Waals surface area contributed by atoms with E-state index in [2.05, 4.69) is 41.1 Å². The molecule has 5 rings (SSSR count). The smallest absolute Gasteiger partial charge is 0.387 e. The second-order valence-electron chi connectivity index (χ2n) is 7.30. The van der Waals surface area contributed by atoms with E-state index in [0.29, 0.717) is 29.1 Å². The Labute approximate surface area is 195 Å². The zero-order valence-corrected chi connectivity index (χ0v) is 19.1. The van der Waals surface area contributed by atoms with E-state index in [1.807, 2.05) is 6.07 Å². The van der Waals surface area contributed by atoms with Crippen molar-refractivity contribution >= 4 is 23.1 Å². The number of rotatable bonds is 10. The van der Waals surface area contributed by atoms with Gasteiger partial charge >= 0.3 is 6.61 Å². The lowest BCUT2D eigenvalue weighted by molar-refractivity contribution is -0.0512. The van der Waals surface area contributed by atoms with Gasteiger partial charge in [0.15, 0.2) is 16.7 Å². The number of ether oxygens (including phenoxy) is 2. The number of methoxy groups -OCH3 is 1. The second kappa shape index (κ2) is 9.48. The number of benzene rings is 1. The maximum atomic E-state index is 12.5. The van der Waals surface area contributed by atoms with Crippen LogP contribution < -0.4 is 9.47 Å². The van der Waals surface area contributed by atoms with Gasteiger partial charge in [-0.2, -0.15) is 13.8 Å². The molecule has 0 amide bonds. The van der Waals surface area contributed by atoms with Crippen LogP contribution in [0.4, 0.5) is 8.78 Å². The molecule has 1 aliphatic rings. The number of alkyl halides is 2. The lowest BCUT2D eigenvalue weighted by Crippen LogP contribution is -2.03. The number of thioether (sulfide) groups is 1. The minimum absolute atomic E-state index is 0.0618. The van der Waals surface area contributed by atoms with Gasteiger partial charge in [-0.1, -0.05) is 23.0 Å². The minimum atomic E-state index is -2.94. The maximum Gasteiger partial charge on any atom is 0.387 e. The molecule has 8 nitrogen and oxygen atoms in total. The summed E-state index contributed by atoms with van der Waals surface area (Å²) < 4.78 is 42.3. The molecule has 3 heterocycles.